The van der Waals surface area contributed by atoms with Crippen LogP contribution in [0.25, 0.3) is 0 Å². The summed E-state index contributed by atoms with van der Waals surface area (Å²) in [5, 5.41) is 117. The second-order valence-corrected chi connectivity index (χ2v) is 31.6. The molecule has 10 rings (SSSR count). The van der Waals surface area contributed by atoms with Crippen molar-refractivity contribution in [1.29, 1.82) is 10.5 Å². The smallest absolute Gasteiger partial charge is 0.337 e. The number of halogens is 10. The van der Waals surface area contributed by atoms with E-state index in [2.05, 4.69) is 20.3 Å². The third-order valence-corrected chi connectivity index (χ3v) is 22.3. The van der Waals surface area contributed by atoms with Crippen LogP contribution in [0, 0.1) is 83.3 Å². The van der Waals surface area contributed by atoms with Gasteiger partial charge in [-0.05, 0) is 181 Å². The van der Waals surface area contributed by atoms with Crippen molar-refractivity contribution in [3.63, 3.8) is 0 Å². The number of aromatic carboxylic acids is 1. The van der Waals surface area contributed by atoms with E-state index >= 15 is 0 Å². The van der Waals surface area contributed by atoms with Gasteiger partial charge in [0.15, 0.2) is 0 Å². The van der Waals surface area contributed by atoms with Gasteiger partial charge in [0.25, 0.3) is 34.1 Å². The number of carboxylic acids is 3. The Balaban J connectivity index is 0.000000247. The van der Waals surface area contributed by atoms with Gasteiger partial charge in [-0.25, -0.2) is 19.2 Å². The molecule has 44 heteroatoms. The molecule has 0 saturated carbocycles. The van der Waals surface area contributed by atoms with Crippen molar-refractivity contribution in [2.24, 2.45) is 0 Å². The average Bonchev–Trinajstić information content (AvgIpc) is 0.759. The molecule has 664 valence electrons. The first-order valence-electron chi connectivity index (χ1n) is 35.6. The highest BCUT2D eigenvalue weighted by Gasteiger charge is 2.47. The Labute approximate surface area is 773 Å². The molecule has 0 heterocycles. The number of hydrogen-bond acceptors (Lipinski definition) is 25. The molecule has 0 bridgehead atoms. The zero-order valence-corrected chi connectivity index (χ0v) is 74.5. The van der Waals surface area contributed by atoms with Crippen molar-refractivity contribution in [1.82, 2.24) is 0 Å². The molecule has 3 N–H and O–H groups in total. The van der Waals surface area contributed by atoms with E-state index in [1.807, 2.05) is 6.07 Å². The van der Waals surface area contributed by atoms with Crippen molar-refractivity contribution in [2.45, 2.75) is 68.1 Å². The molecule has 10 aromatic rings. The van der Waals surface area contributed by atoms with E-state index in [9.17, 15) is 120 Å². The minimum atomic E-state index is -1.80. The average molecular weight is 1950 g/mol. The van der Waals surface area contributed by atoms with Crippen molar-refractivity contribution in [3.05, 3.63) is 371 Å². The lowest BCUT2D eigenvalue weighted by molar-refractivity contribution is -0.386. The normalized spacial score (nSPS) is 12.6. The maximum Gasteiger partial charge on any atom is 0.337 e. The summed E-state index contributed by atoms with van der Waals surface area (Å²) in [5.74, 6) is -7.49. The lowest BCUT2D eigenvalue weighted by atomic mass is 9.72. The number of carboxylic acid groups (broad SMARTS) is 3. The topological polar surface area (TPSA) is 524 Å². The highest BCUT2D eigenvalue weighted by molar-refractivity contribution is 6.35. The van der Waals surface area contributed by atoms with Crippen molar-refractivity contribution in [2.75, 3.05) is 28.4 Å². The maximum atomic E-state index is 12.6. The monoisotopic (exact) mass is 1950 g/mol. The second-order valence-electron chi connectivity index (χ2n) is 27.4. The van der Waals surface area contributed by atoms with E-state index < -0.39 is 117 Å². The minimum Gasteiger partial charge on any atom is -0.481 e. The van der Waals surface area contributed by atoms with E-state index in [0.29, 0.717) is 0 Å². The number of carbonyl (C=O) groups is 7. The van der Waals surface area contributed by atoms with Gasteiger partial charge < -0.3 is 34.3 Å². The molecule has 0 fully saturated rings. The van der Waals surface area contributed by atoms with Crippen molar-refractivity contribution < 1.29 is 97.4 Å². The lowest BCUT2D eigenvalue weighted by Crippen LogP contribution is -2.36. The van der Waals surface area contributed by atoms with E-state index in [1.54, 1.807) is 0 Å². The molecule has 34 nitrogen and oxygen atoms in total. The fraction of sp³-hybridized carbons (Fsp3) is 0.179. The Kier molecular flexibility index (Phi) is 35.8. The molecular formula is C84H62Cl10N8O26. The Morgan fingerprint density at radius 2 is 0.672 bits per heavy atom. The number of rotatable bonds is 25. The Hall–Kier alpha value is -13.2. The number of hydrogen-bond donors (Lipinski definition) is 3. The molecule has 0 aromatic heterocycles. The number of esters is 4. The number of aliphatic carboxylic acids is 2. The van der Waals surface area contributed by atoms with Crippen LogP contribution in [-0.2, 0) is 55.0 Å². The van der Waals surface area contributed by atoms with Gasteiger partial charge in [0, 0.05) is 115 Å². The number of nitro groups is 6. The summed E-state index contributed by atoms with van der Waals surface area (Å²) < 4.78 is 18.8. The van der Waals surface area contributed by atoms with Gasteiger partial charge in [0.2, 0.25) is 0 Å². The standard InChI is InChI=1S/C18H15Cl2NO6.C17H12Cl2N2O4.C17H13Cl2NO6.C16H12Cl2N2O6.C16H10Cl2N2O4/c1-18(9-16(22)23,13-8-11(19)4-6-15(13)21(25)26)12-7-10(17(24)27-2)3-5-14(12)20;1-17(9-20,13-8-11(18)4-6-15(13)21(23)24)12-7-10(16(22)25-2)3-5-14(12)19;1-17(8-15(21)22,11-6-9(16(23)24)2-4-13(11)19)12-7-10(18)3-5-14(12)20(25)26;1-16(15(21)26-2,11-8-10(19(22)23)4-5-13(11)18)12-7-9(17)3-6-14(12)20(24)25;1-24-16(21)9-2-4-14(18)11(6-9)13(8-19)12-7-10(17)3-5-15(12)20(22)23/h3-8H,9H2,1-2H3,(H,22,23);3-8H,1-2H3;2-7H,8H2,1H3,(H,21,22)(H,23,24);3-8H,1-2H3;2-7,13H,1H3. The van der Waals surface area contributed by atoms with Crippen LogP contribution in [0.2, 0.25) is 50.2 Å². The van der Waals surface area contributed by atoms with E-state index in [0.717, 1.165) is 25.3 Å². The molecule has 5 atom stereocenters. The first-order valence-corrected chi connectivity index (χ1v) is 39.4. The van der Waals surface area contributed by atoms with E-state index in [1.165, 1.54) is 213 Å². The van der Waals surface area contributed by atoms with Crippen LogP contribution in [0.1, 0.15) is 144 Å². The number of non-ortho nitro benzene ring substituents is 1. The van der Waals surface area contributed by atoms with Crippen LogP contribution in [0.4, 0.5) is 34.1 Å². The fourth-order valence-electron chi connectivity index (χ4n) is 13.1. The van der Waals surface area contributed by atoms with E-state index in [-0.39, 0.29) is 157 Å². The molecule has 0 amide bonds. The zero-order chi connectivity index (χ0) is 96.3. The predicted molar refractivity (Wildman–Crippen MR) is 471 cm³/mol. The van der Waals surface area contributed by atoms with Crippen LogP contribution in [-0.4, -0.2) is 115 Å². The quantitative estimate of drug-likeness (QED) is 0.0207. The zero-order valence-electron chi connectivity index (χ0n) is 66.9. The number of nitrogens with zero attached hydrogens (tertiary/aromatic N) is 8. The van der Waals surface area contributed by atoms with Gasteiger partial charge >= 0.3 is 41.8 Å². The first-order chi connectivity index (χ1) is 59.9. The molecule has 5 unspecified atom stereocenters. The summed E-state index contributed by atoms with van der Waals surface area (Å²) in [6.45, 7) is 5.77. The van der Waals surface area contributed by atoms with Crippen LogP contribution >= 0.6 is 116 Å². The van der Waals surface area contributed by atoms with Crippen LogP contribution in [0.5, 0.6) is 0 Å². The third kappa shape index (κ3) is 24.1. The van der Waals surface area contributed by atoms with Gasteiger partial charge in [-0.2, -0.15) is 10.5 Å². The molecule has 0 spiro atoms. The summed E-state index contributed by atoms with van der Waals surface area (Å²) in [7, 11) is 4.75. The number of carbonyl (C=O) groups excluding carboxylic acids is 4. The molecule has 10 aromatic carbocycles. The Morgan fingerprint density at radius 3 is 1.04 bits per heavy atom. The largest absolute Gasteiger partial charge is 0.481 e. The number of nitro benzene ring substituents is 6. The lowest BCUT2D eigenvalue weighted by Gasteiger charge is -2.30. The van der Waals surface area contributed by atoms with Gasteiger partial charge in [-0.15, -0.1) is 0 Å². The minimum absolute atomic E-state index is 0.00872. The van der Waals surface area contributed by atoms with Gasteiger partial charge in [0.05, 0.1) is 122 Å². The predicted octanol–water partition coefficient (Wildman–Crippen LogP) is 22.0. The summed E-state index contributed by atoms with van der Waals surface area (Å²) in [5.41, 5.74) is -6.69. The van der Waals surface area contributed by atoms with Gasteiger partial charge in [0.1, 0.15) is 16.7 Å². The summed E-state index contributed by atoms with van der Waals surface area (Å²) in [6, 6.07) is 43.3. The Morgan fingerprint density at radius 1 is 0.352 bits per heavy atom. The number of nitriles is 2. The van der Waals surface area contributed by atoms with Crippen LogP contribution in [0.15, 0.2) is 182 Å². The highest BCUT2D eigenvalue weighted by atomic mass is 35.5. The fourth-order valence-corrected chi connectivity index (χ4v) is 15.5. The van der Waals surface area contributed by atoms with Crippen molar-refractivity contribution >= 4 is 192 Å². The summed E-state index contributed by atoms with van der Waals surface area (Å²) in [4.78, 5) is 147. The number of benzene rings is 10. The van der Waals surface area contributed by atoms with Gasteiger partial charge in [-0.3, -0.25) is 75.1 Å². The molecule has 0 aliphatic rings. The summed E-state index contributed by atoms with van der Waals surface area (Å²) >= 11 is 60.9. The van der Waals surface area contributed by atoms with Crippen molar-refractivity contribution in [3.8, 4) is 12.1 Å². The van der Waals surface area contributed by atoms with Crippen LogP contribution < -0.4 is 0 Å². The molecule has 0 saturated heterocycles. The molecule has 0 aliphatic heterocycles. The number of methoxy groups -OCH3 is 4. The molecular weight excluding hydrogens is 1890 g/mol. The molecule has 128 heavy (non-hydrogen) atoms. The van der Waals surface area contributed by atoms with E-state index in [4.69, 9.17) is 121 Å². The van der Waals surface area contributed by atoms with Gasteiger partial charge in [-0.1, -0.05) is 130 Å². The summed E-state index contributed by atoms with van der Waals surface area (Å²) in [6.07, 6.45) is -1.07. The third-order valence-electron chi connectivity index (χ3n) is 19.5. The second kappa shape index (κ2) is 44.3. The SMILES string of the molecule is CC(CC(=O)O)(c1cc(C(=O)O)ccc1Cl)c1cc(Cl)ccc1[N+](=O)[O-].COC(=O)C(C)(c1cc([N+](=O)[O-])ccc1Cl)c1cc(Cl)ccc1[N+](=O)[O-].COC(=O)c1ccc(Cl)c(C(C#N)c2cc(Cl)ccc2[N+](=O)[O-])c1.COC(=O)c1ccc(Cl)c(C(C)(C#N)c2cc(Cl)ccc2[N+](=O)[O-])c1.COC(=O)c1ccc(Cl)c(C(C)(CC(=O)O)c2cc(Cl)ccc2[N+](=O)[O-])c1. The maximum absolute atomic E-state index is 12.6. The molecule has 0 aliphatic carbocycles. The number of ether oxygens (including phenoxy) is 4. The Bertz CT molecular complexity index is 6250. The molecule has 0 radical (unpaired) electrons. The van der Waals surface area contributed by atoms with Crippen LogP contribution in [0.3, 0.4) is 0 Å². The first kappa shape index (κ1) is 104. The highest BCUT2D eigenvalue weighted by Crippen LogP contribution is 2.49.